The minimum absolute atomic E-state index is 0.0962. The number of rotatable bonds is 5. The van der Waals surface area contributed by atoms with Crippen molar-refractivity contribution < 1.29 is 9.90 Å². The Balaban J connectivity index is 2.14. The van der Waals surface area contributed by atoms with Gasteiger partial charge in [-0.25, -0.2) is 0 Å². The van der Waals surface area contributed by atoms with Gasteiger partial charge in [0.15, 0.2) is 0 Å². The minimum Gasteiger partial charge on any atom is -0.393 e. The molecule has 1 unspecified atom stereocenters. The van der Waals surface area contributed by atoms with Crippen LogP contribution in [0, 0.1) is 0 Å². The van der Waals surface area contributed by atoms with Crippen molar-refractivity contribution in [2.75, 3.05) is 13.6 Å². The molecular formula is C11H15N5O2S. The quantitative estimate of drug-likeness (QED) is 0.866. The zero-order chi connectivity index (χ0) is 13.8. The van der Waals surface area contributed by atoms with E-state index in [0.717, 1.165) is 0 Å². The van der Waals surface area contributed by atoms with E-state index >= 15 is 0 Å². The summed E-state index contributed by atoms with van der Waals surface area (Å²) in [5.41, 5.74) is 0.670. The third-order valence-corrected chi connectivity index (χ3v) is 3.56. The van der Waals surface area contributed by atoms with E-state index in [2.05, 4.69) is 15.5 Å². The van der Waals surface area contributed by atoms with Crippen LogP contribution in [0.1, 0.15) is 23.0 Å². The fraction of sp³-hybridized carbons (Fsp3) is 0.455. The molecule has 0 bridgehead atoms. The molecule has 1 N–H and O–H groups in total. The van der Waals surface area contributed by atoms with Crippen molar-refractivity contribution in [2.45, 2.75) is 19.4 Å². The molecule has 0 saturated heterocycles. The number of carbonyl (C=O) groups is 1. The summed E-state index contributed by atoms with van der Waals surface area (Å²) in [6, 6.07) is 1.80. The summed E-state index contributed by atoms with van der Waals surface area (Å²) in [5.74, 6) is -0.0962. The van der Waals surface area contributed by atoms with Crippen LogP contribution < -0.4 is 0 Å². The van der Waals surface area contributed by atoms with Crippen LogP contribution in [0.25, 0.3) is 5.69 Å². The highest BCUT2D eigenvalue weighted by Crippen LogP contribution is 2.21. The predicted molar refractivity (Wildman–Crippen MR) is 70.3 cm³/mol. The first-order chi connectivity index (χ1) is 9.09. The number of aromatic nitrogens is 4. The molecule has 0 radical (unpaired) electrons. The summed E-state index contributed by atoms with van der Waals surface area (Å²) in [7, 11) is 1.72. The van der Waals surface area contributed by atoms with Gasteiger partial charge in [-0.2, -0.15) is 4.68 Å². The Bertz CT molecular complexity index is 537. The van der Waals surface area contributed by atoms with Gasteiger partial charge in [0.05, 0.1) is 11.8 Å². The monoisotopic (exact) mass is 281 g/mol. The Hall–Kier alpha value is -1.80. The number of aliphatic hydroxyl groups is 1. The normalized spacial score (nSPS) is 12.4. The van der Waals surface area contributed by atoms with Gasteiger partial charge in [-0.1, -0.05) is 0 Å². The Morgan fingerprint density at radius 1 is 1.63 bits per heavy atom. The number of hydrogen-bond donors (Lipinski definition) is 1. The van der Waals surface area contributed by atoms with Gasteiger partial charge >= 0.3 is 0 Å². The highest BCUT2D eigenvalue weighted by Gasteiger charge is 2.19. The molecule has 102 valence electrons. The van der Waals surface area contributed by atoms with Crippen LogP contribution in [-0.2, 0) is 0 Å². The molecular weight excluding hydrogens is 266 g/mol. The van der Waals surface area contributed by atoms with E-state index in [1.54, 1.807) is 24.9 Å². The largest absolute Gasteiger partial charge is 0.393 e. The van der Waals surface area contributed by atoms with Crippen LogP contribution >= 0.6 is 11.3 Å². The van der Waals surface area contributed by atoms with Crippen LogP contribution in [0.2, 0.25) is 0 Å². The first-order valence-electron chi connectivity index (χ1n) is 5.84. The lowest BCUT2D eigenvalue weighted by molar-refractivity contribution is 0.0773. The third-order valence-electron chi connectivity index (χ3n) is 2.66. The molecule has 0 aromatic carbocycles. The molecule has 1 atom stereocenters. The van der Waals surface area contributed by atoms with Crippen molar-refractivity contribution in [2.24, 2.45) is 0 Å². The molecule has 2 heterocycles. The maximum Gasteiger partial charge on any atom is 0.265 e. The van der Waals surface area contributed by atoms with Crippen molar-refractivity contribution in [1.29, 1.82) is 0 Å². The lowest BCUT2D eigenvalue weighted by atomic mass is 10.2. The van der Waals surface area contributed by atoms with Gasteiger partial charge in [-0.3, -0.25) is 4.79 Å². The summed E-state index contributed by atoms with van der Waals surface area (Å²) in [6.45, 7) is 2.21. The van der Waals surface area contributed by atoms with Gasteiger partial charge in [-0.05, 0) is 35.2 Å². The van der Waals surface area contributed by atoms with Crippen molar-refractivity contribution in [3.63, 3.8) is 0 Å². The Labute approximate surface area is 114 Å². The molecule has 2 aromatic heterocycles. The van der Waals surface area contributed by atoms with Crippen molar-refractivity contribution in [1.82, 2.24) is 25.1 Å². The Kier molecular flexibility index (Phi) is 4.23. The second-order valence-electron chi connectivity index (χ2n) is 4.25. The molecule has 2 rings (SSSR count). The van der Waals surface area contributed by atoms with Crippen molar-refractivity contribution >= 4 is 17.2 Å². The number of aliphatic hydroxyl groups excluding tert-OH is 1. The van der Waals surface area contributed by atoms with Crippen LogP contribution in [0.3, 0.4) is 0 Å². The number of thiophene rings is 1. The van der Waals surface area contributed by atoms with E-state index in [1.165, 1.54) is 22.3 Å². The molecule has 0 aliphatic rings. The molecule has 0 aliphatic heterocycles. The zero-order valence-corrected chi connectivity index (χ0v) is 11.5. The number of tetrazole rings is 1. The van der Waals surface area contributed by atoms with Gasteiger partial charge in [0.25, 0.3) is 5.91 Å². The highest BCUT2D eigenvalue weighted by atomic mass is 32.1. The van der Waals surface area contributed by atoms with Gasteiger partial charge < -0.3 is 10.0 Å². The second-order valence-corrected chi connectivity index (χ2v) is 5.17. The van der Waals surface area contributed by atoms with Gasteiger partial charge in [0.1, 0.15) is 11.2 Å². The molecule has 8 heteroatoms. The van der Waals surface area contributed by atoms with Gasteiger partial charge in [-0.15, -0.1) is 16.4 Å². The summed E-state index contributed by atoms with van der Waals surface area (Å²) in [5, 5.41) is 22.0. The van der Waals surface area contributed by atoms with Crippen LogP contribution in [0.15, 0.2) is 17.8 Å². The van der Waals surface area contributed by atoms with Gasteiger partial charge in [0.2, 0.25) is 0 Å². The van der Waals surface area contributed by atoms with Crippen LogP contribution in [-0.4, -0.2) is 55.8 Å². The standard InChI is InChI=1S/C11H15N5O2S/c1-8(17)3-5-15(2)11(18)10-9(4-6-19-10)16-7-12-13-14-16/h4,6-8,17H,3,5H2,1-2H3. The molecule has 0 saturated carbocycles. The summed E-state index contributed by atoms with van der Waals surface area (Å²) >= 11 is 1.35. The molecule has 7 nitrogen and oxygen atoms in total. The summed E-state index contributed by atoms with van der Waals surface area (Å²) < 4.78 is 1.46. The minimum atomic E-state index is -0.419. The predicted octanol–water partition coefficient (Wildman–Crippen LogP) is 0.567. The van der Waals surface area contributed by atoms with E-state index in [0.29, 0.717) is 23.5 Å². The average Bonchev–Trinajstić information content (AvgIpc) is 3.03. The first-order valence-corrected chi connectivity index (χ1v) is 6.72. The fourth-order valence-electron chi connectivity index (χ4n) is 1.57. The van der Waals surface area contributed by atoms with E-state index in [-0.39, 0.29) is 5.91 Å². The van der Waals surface area contributed by atoms with Crippen LogP contribution in [0.4, 0.5) is 0 Å². The van der Waals surface area contributed by atoms with E-state index in [4.69, 9.17) is 0 Å². The zero-order valence-electron chi connectivity index (χ0n) is 10.7. The van der Waals surface area contributed by atoms with Gasteiger partial charge in [0, 0.05) is 13.6 Å². The smallest absolute Gasteiger partial charge is 0.265 e. The second kappa shape index (κ2) is 5.89. The topological polar surface area (TPSA) is 84.1 Å². The lowest BCUT2D eigenvalue weighted by Crippen LogP contribution is -2.29. The maximum atomic E-state index is 12.3. The van der Waals surface area contributed by atoms with Crippen LogP contribution in [0.5, 0.6) is 0 Å². The molecule has 0 fully saturated rings. The summed E-state index contributed by atoms with van der Waals surface area (Å²) in [6.07, 6.45) is 1.58. The molecule has 1 amide bonds. The number of nitrogens with zero attached hydrogens (tertiary/aromatic N) is 5. The summed E-state index contributed by atoms with van der Waals surface area (Å²) in [4.78, 5) is 14.5. The van der Waals surface area contributed by atoms with Crippen molar-refractivity contribution in [3.05, 3.63) is 22.7 Å². The lowest BCUT2D eigenvalue weighted by Gasteiger charge is -2.17. The number of amides is 1. The molecule has 19 heavy (non-hydrogen) atoms. The molecule has 0 spiro atoms. The Morgan fingerprint density at radius 3 is 3.05 bits per heavy atom. The fourth-order valence-corrected chi connectivity index (χ4v) is 2.44. The highest BCUT2D eigenvalue weighted by molar-refractivity contribution is 7.12. The van der Waals surface area contributed by atoms with E-state index in [1.807, 2.05) is 5.38 Å². The molecule has 2 aromatic rings. The number of carbonyl (C=O) groups excluding carboxylic acids is 1. The van der Waals surface area contributed by atoms with Crippen molar-refractivity contribution in [3.8, 4) is 5.69 Å². The van der Waals surface area contributed by atoms with E-state index < -0.39 is 6.10 Å². The average molecular weight is 281 g/mol. The maximum absolute atomic E-state index is 12.3. The van der Waals surface area contributed by atoms with E-state index in [9.17, 15) is 9.90 Å². The first kappa shape index (κ1) is 13.6. The third kappa shape index (κ3) is 3.15. The Morgan fingerprint density at radius 2 is 2.42 bits per heavy atom. The SMILES string of the molecule is CC(O)CCN(C)C(=O)c1sccc1-n1cnnn1. The molecule has 0 aliphatic carbocycles. The number of hydrogen-bond acceptors (Lipinski definition) is 6.